The van der Waals surface area contributed by atoms with Crippen LogP contribution in [0.2, 0.25) is 0 Å². The van der Waals surface area contributed by atoms with Gasteiger partial charge in [0.2, 0.25) is 0 Å². The van der Waals surface area contributed by atoms with E-state index in [0.717, 1.165) is 26.2 Å². The molecular weight excluding hydrogens is 200 g/mol. The van der Waals surface area contributed by atoms with E-state index in [9.17, 15) is 0 Å². The quantitative estimate of drug-likeness (QED) is 0.468. The zero-order chi connectivity index (χ0) is 12.0. The van der Waals surface area contributed by atoms with E-state index in [2.05, 4.69) is 49.0 Å². The maximum absolute atomic E-state index is 3.37. The first kappa shape index (κ1) is 13.9. The van der Waals surface area contributed by atoms with Crippen LogP contribution in [-0.2, 0) is 0 Å². The van der Waals surface area contributed by atoms with E-state index in [1.807, 2.05) is 0 Å². The molecule has 4 N–H and O–H groups in total. The van der Waals surface area contributed by atoms with Crippen LogP contribution in [0.4, 0.5) is 0 Å². The molecule has 4 unspecified atom stereocenters. The molecule has 4 heteroatoms. The summed E-state index contributed by atoms with van der Waals surface area (Å²) in [5.41, 5.74) is 0. The van der Waals surface area contributed by atoms with Gasteiger partial charge in [0.25, 0.3) is 0 Å². The first-order chi connectivity index (χ1) is 7.61. The van der Waals surface area contributed by atoms with E-state index in [4.69, 9.17) is 0 Å². The minimum Gasteiger partial charge on any atom is -0.311 e. The first-order valence-electron chi connectivity index (χ1n) is 6.54. The van der Waals surface area contributed by atoms with Crippen molar-refractivity contribution >= 4 is 0 Å². The van der Waals surface area contributed by atoms with Gasteiger partial charge in [0.15, 0.2) is 0 Å². The third-order valence-corrected chi connectivity index (χ3v) is 3.62. The highest BCUT2D eigenvalue weighted by atomic mass is 15.1. The van der Waals surface area contributed by atoms with Crippen LogP contribution in [0.25, 0.3) is 0 Å². The highest BCUT2D eigenvalue weighted by Gasteiger charge is 2.14. The minimum absolute atomic E-state index is 0.642. The molecule has 0 aromatic heterocycles. The first-order valence-corrected chi connectivity index (χ1v) is 6.54. The molecule has 16 heavy (non-hydrogen) atoms. The summed E-state index contributed by atoms with van der Waals surface area (Å²) in [6.45, 7) is 13.3. The summed E-state index contributed by atoms with van der Waals surface area (Å²) in [4.78, 5) is 0. The monoisotopic (exact) mass is 228 g/mol. The van der Waals surface area contributed by atoms with Crippen LogP contribution in [0, 0.1) is 0 Å². The number of hydrogen-bond donors (Lipinski definition) is 4. The van der Waals surface area contributed by atoms with Gasteiger partial charge in [-0.1, -0.05) is 0 Å². The maximum Gasteiger partial charge on any atom is 0.0190 e. The lowest BCUT2D eigenvalue weighted by Crippen LogP contribution is -2.52. The Bertz CT molecular complexity index is 146. The van der Waals surface area contributed by atoms with Crippen LogP contribution >= 0.6 is 0 Å². The molecule has 96 valence electrons. The smallest absolute Gasteiger partial charge is 0.0190 e. The average molecular weight is 228 g/mol. The Morgan fingerprint density at radius 2 is 0.688 bits per heavy atom. The minimum atomic E-state index is 0.642. The SMILES string of the molecule is CC1NCCNC1C.CC1NCCNC1C. The Labute approximate surface area is 99.9 Å². The molecule has 2 aliphatic heterocycles. The highest BCUT2D eigenvalue weighted by Crippen LogP contribution is 1.94. The summed E-state index contributed by atoms with van der Waals surface area (Å²) < 4.78 is 0. The topological polar surface area (TPSA) is 48.1 Å². The lowest BCUT2D eigenvalue weighted by atomic mass is 10.1. The van der Waals surface area contributed by atoms with Gasteiger partial charge in [0, 0.05) is 50.3 Å². The third kappa shape index (κ3) is 4.78. The molecule has 0 aliphatic carbocycles. The van der Waals surface area contributed by atoms with Gasteiger partial charge >= 0.3 is 0 Å². The lowest BCUT2D eigenvalue weighted by molar-refractivity contribution is 0.358. The summed E-state index contributed by atoms with van der Waals surface area (Å²) in [5, 5.41) is 13.5. The molecular formula is C12H28N4. The molecule has 0 bridgehead atoms. The van der Waals surface area contributed by atoms with Gasteiger partial charge in [-0.05, 0) is 27.7 Å². The highest BCUT2D eigenvalue weighted by molar-refractivity contribution is 4.79. The summed E-state index contributed by atoms with van der Waals surface area (Å²) in [6, 6.07) is 2.57. The molecule has 2 saturated heterocycles. The molecule has 0 aromatic rings. The van der Waals surface area contributed by atoms with Crippen LogP contribution in [0.3, 0.4) is 0 Å². The van der Waals surface area contributed by atoms with Crippen molar-refractivity contribution in [2.24, 2.45) is 0 Å². The summed E-state index contributed by atoms with van der Waals surface area (Å²) >= 11 is 0. The second kappa shape index (κ2) is 7.22. The molecule has 0 saturated carbocycles. The van der Waals surface area contributed by atoms with Gasteiger partial charge in [0.05, 0.1) is 0 Å². The fraction of sp³-hybridized carbons (Fsp3) is 1.00. The molecule has 2 aliphatic rings. The van der Waals surface area contributed by atoms with Crippen molar-refractivity contribution in [1.29, 1.82) is 0 Å². The number of nitrogens with one attached hydrogen (secondary N) is 4. The van der Waals surface area contributed by atoms with E-state index in [-0.39, 0.29) is 0 Å². The van der Waals surface area contributed by atoms with E-state index >= 15 is 0 Å². The molecule has 0 spiro atoms. The van der Waals surface area contributed by atoms with E-state index in [0.29, 0.717) is 24.2 Å². The van der Waals surface area contributed by atoms with Crippen molar-refractivity contribution in [3.8, 4) is 0 Å². The van der Waals surface area contributed by atoms with E-state index in [1.165, 1.54) is 0 Å². The van der Waals surface area contributed by atoms with Gasteiger partial charge in [-0.3, -0.25) is 0 Å². The largest absolute Gasteiger partial charge is 0.311 e. The van der Waals surface area contributed by atoms with E-state index in [1.54, 1.807) is 0 Å². The molecule has 0 amide bonds. The molecule has 2 heterocycles. The Balaban J connectivity index is 0.000000160. The molecule has 4 nitrogen and oxygen atoms in total. The maximum atomic E-state index is 3.37. The zero-order valence-corrected chi connectivity index (χ0v) is 11.1. The Morgan fingerprint density at radius 1 is 0.500 bits per heavy atom. The zero-order valence-electron chi connectivity index (χ0n) is 11.1. The van der Waals surface area contributed by atoms with Crippen molar-refractivity contribution in [2.45, 2.75) is 51.9 Å². The van der Waals surface area contributed by atoms with Crippen molar-refractivity contribution in [3.63, 3.8) is 0 Å². The molecule has 0 aromatic carbocycles. The summed E-state index contributed by atoms with van der Waals surface area (Å²) in [6.07, 6.45) is 0. The van der Waals surface area contributed by atoms with Crippen LogP contribution in [-0.4, -0.2) is 50.3 Å². The van der Waals surface area contributed by atoms with Crippen molar-refractivity contribution in [3.05, 3.63) is 0 Å². The van der Waals surface area contributed by atoms with Gasteiger partial charge in [-0.15, -0.1) is 0 Å². The van der Waals surface area contributed by atoms with Crippen molar-refractivity contribution in [2.75, 3.05) is 26.2 Å². The fourth-order valence-electron chi connectivity index (χ4n) is 1.91. The van der Waals surface area contributed by atoms with Crippen molar-refractivity contribution in [1.82, 2.24) is 21.3 Å². The Hall–Kier alpha value is -0.160. The lowest BCUT2D eigenvalue weighted by Gasteiger charge is -2.27. The second-order valence-electron chi connectivity index (χ2n) is 4.97. The van der Waals surface area contributed by atoms with Gasteiger partial charge < -0.3 is 21.3 Å². The standard InChI is InChI=1S/2C6H14N2/c2*1-5-6(2)8-4-3-7-5/h2*5-8H,3-4H2,1-2H3. The summed E-state index contributed by atoms with van der Waals surface area (Å²) in [7, 11) is 0. The Morgan fingerprint density at radius 3 is 0.812 bits per heavy atom. The average Bonchev–Trinajstić information content (AvgIpc) is 2.28. The predicted molar refractivity (Wildman–Crippen MR) is 69.9 cm³/mol. The Kier molecular flexibility index (Phi) is 6.28. The van der Waals surface area contributed by atoms with E-state index < -0.39 is 0 Å². The van der Waals surface area contributed by atoms with Crippen LogP contribution in [0.15, 0.2) is 0 Å². The summed E-state index contributed by atoms with van der Waals surface area (Å²) in [5.74, 6) is 0. The predicted octanol–water partition coefficient (Wildman–Crippen LogP) is -0.0876. The fourth-order valence-corrected chi connectivity index (χ4v) is 1.91. The number of rotatable bonds is 0. The normalized spacial score (nSPS) is 39.8. The van der Waals surface area contributed by atoms with Crippen LogP contribution < -0.4 is 21.3 Å². The van der Waals surface area contributed by atoms with Gasteiger partial charge in [-0.2, -0.15) is 0 Å². The second-order valence-corrected chi connectivity index (χ2v) is 4.97. The molecule has 2 rings (SSSR count). The molecule has 0 radical (unpaired) electrons. The number of piperazine rings is 2. The number of hydrogen-bond acceptors (Lipinski definition) is 4. The van der Waals surface area contributed by atoms with Gasteiger partial charge in [0.1, 0.15) is 0 Å². The van der Waals surface area contributed by atoms with Crippen molar-refractivity contribution < 1.29 is 0 Å². The van der Waals surface area contributed by atoms with Gasteiger partial charge in [-0.25, -0.2) is 0 Å². The third-order valence-electron chi connectivity index (χ3n) is 3.62. The molecule has 2 fully saturated rings. The van der Waals surface area contributed by atoms with Crippen LogP contribution in [0.1, 0.15) is 27.7 Å². The van der Waals surface area contributed by atoms with Crippen LogP contribution in [0.5, 0.6) is 0 Å². The molecule has 4 atom stereocenters.